The van der Waals surface area contributed by atoms with E-state index < -0.39 is 6.10 Å². The molecule has 0 radical (unpaired) electrons. The fourth-order valence-electron chi connectivity index (χ4n) is 10.1. The van der Waals surface area contributed by atoms with E-state index in [0.29, 0.717) is 19.3 Å². The highest BCUT2D eigenvalue weighted by Crippen LogP contribution is 2.17. The molecule has 0 fully saturated rings. The first-order valence-corrected chi connectivity index (χ1v) is 34.4. The van der Waals surface area contributed by atoms with Crippen molar-refractivity contribution < 1.29 is 28.6 Å². The van der Waals surface area contributed by atoms with Gasteiger partial charge < -0.3 is 14.2 Å². The zero-order chi connectivity index (χ0) is 57.1. The molecular formula is C73H130O6. The van der Waals surface area contributed by atoms with Gasteiger partial charge in [-0.25, -0.2) is 0 Å². The Morgan fingerprint density at radius 3 is 0.785 bits per heavy atom. The van der Waals surface area contributed by atoms with Gasteiger partial charge in [-0.15, -0.1) is 0 Å². The summed E-state index contributed by atoms with van der Waals surface area (Å²) in [7, 11) is 0. The van der Waals surface area contributed by atoms with Crippen molar-refractivity contribution in [2.24, 2.45) is 0 Å². The second-order valence-electron chi connectivity index (χ2n) is 23.1. The van der Waals surface area contributed by atoms with E-state index in [1.807, 2.05) is 0 Å². The number of carbonyl (C=O) groups is 3. The lowest BCUT2D eigenvalue weighted by molar-refractivity contribution is -0.167. The standard InChI is InChI=1S/C73H130O6/c1-4-7-10-13-16-19-22-25-28-31-32-33-34-35-36-37-38-39-40-41-42-43-46-48-51-54-57-60-63-66-72(75)78-69-70(79-73(76)67-64-61-58-55-52-49-45-30-27-24-21-18-15-12-9-6-3)68-77-71(74)65-62-59-56-53-50-47-44-29-26-23-20-17-14-11-8-5-2/h7,10,16,19,25,28,30,32-33,35-36,45,70H,4-6,8-9,11-15,17-18,20-24,26-27,29,31,34,37-44,46-69H2,1-3H3/b10-7-,19-16-,28-25-,33-32-,36-35-,45-30-. The topological polar surface area (TPSA) is 78.9 Å². The van der Waals surface area contributed by atoms with Crippen LogP contribution < -0.4 is 0 Å². The number of hydrogen-bond acceptors (Lipinski definition) is 6. The number of rotatable bonds is 63. The molecule has 0 aromatic carbocycles. The van der Waals surface area contributed by atoms with Crippen molar-refractivity contribution in [3.8, 4) is 0 Å². The minimum Gasteiger partial charge on any atom is -0.462 e. The van der Waals surface area contributed by atoms with Crippen LogP contribution in [0.4, 0.5) is 0 Å². The van der Waals surface area contributed by atoms with Gasteiger partial charge in [0, 0.05) is 19.3 Å². The van der Waals surface area contributed by atoms with E-state index in [4.69, 9.17) is 14.2 Å². The van der Waals surface area contributed by atoms with Crippen LogP contribution in [0.15, 0.2) is 72.9 Å². The van der Waals surface area contributed by atoms with Crippen molar-refractivity contribution >= 4 is 17.9 Å². The minimum absolute atomic E-state index is 0.0738. The number of esters is 3. The SMILES string of the molecule is CC/C=C\C/C=C\C/C=C\C/C=C\C/C=C\CCCCCCCCCCCCCCCC(=O)OCC(COC(=O)CCCCCCCCCCCCCCCCCC)OC(=O)CCCCCCC/C=C\CCCCCCCCC. The van der Waals surface area contributed by atoms with Crippen molar-refractivity contribution in [1.29, 1.82) is 0 Å². The van der Waals surface area contributed by atoms with Gasteiger partial charge in [-0.05, 0) is 89.9 Å². The summed E-state index contributed by atoms with van der Waals surface area (Å²) in [6.07, 6.45) is 87.8. The highest BCUT2D eigenvalue weighted by atomic mass is 16.6. The lowest BCUT2D eigenvalue weighted by Crippen LogP contribution is -2.30. The van der Waals surface area contributed by atoms with Crippen molar-refractivity contribution in [2.75, 3.05) is 13.2 Å². The Balaban J connectivity index is 4.26. The highest BCUT2D eigenvalue weighted by Gasteiger charge is 2.19. The largest absolute Gasteiger partial charge is 0.462 e. The van der Waals surface area contributed by atoms with Crippen molar-refractivity contribution in [3.05, 3.63) is 72.9 Å². The highest BCUT2D eigenvalue weighted by molar-refractivity contribution is 5.71. The lowest BCUT2D eigenvalue weighted by atomic mass is 10.0. The molecule has 0 saturated carbocycles. The first-order chi connectivity index (χ1) is 39.0. The molecule has 0 bridgehead atoms. The van der Waals surface area contributed by atoms with Crippen LogP contribution in [-0.2, 0) is 28.6 Å². The van der Waals surface area contributed by atoms with Crippen LogP contribution in [-0.4, -0.2) is 37.2 Å². The Bertz CT molecular complexity index is 1450. The van der Waals surface area contributed by atoms with Crippen LogP contribution in [0.1, 0.15) is 355 Å². The molecule has 0 saturated heterocycles. The van der Waals surface area contributed by atoms with Gasteiger partial charge >= 0.3 is 17.9 Å². The fourth-order valence-corrected chi connectivity index (χ4v) is 10.1. The summed E-state index contributed by atoms with van der Waals surface area (Å²) in [6, 6.07) is 0. The third-order valence-corrected chi connectivity index (χ3v) is 15.2. The van der Waals surface area contributed by atoms with Crippen LogP contribution in [0.25, 0.3) is 0 Å². The summed E-state index contributed by atoms with van der Waals surface area (Å²) >= 11 is 0. The van der Waals surface area contributed by atoms with Gasteiger partial charge in [-0.2, -0.15) is 0 Å². The van der Waals surface area contributed by atoms with Crippen LogP contribution in [0.5, 0.6) is 0 Å². The zero-order valence-electron chi connectivity index (χ0n) is 52.6. The molecule has 0 rings (SSSR count). The second-order valence-corrected chi connectivity index (χ2v) is 23.1. The van der Waals surface area contributed by atoms with E-state index >= 15 is 0 Å². The maximum atomic E-state index is 12.9. The number of unbranched alkanes of at least 4 members (excludes halogenated alkanes) is 40. The van der Waals surface area contributed by atoms with E-state index in [1.54, 1.807) is 0 Å². The number of ether oxygens (including phenoxy) is 3. The van der Waals surface area contributed by atoms with E-state index in [1.165, 1.54) is 218 Å². The molecule has 0 aromatic rings. The van der Waals surface area contributed by atoms with Crippen molar-refractivity contribution in [3.63, 3.8) is 0 Å². The molecule has 1 unspecified atom stereocenters. The van der Waals surface area contributed by atoms with Crippen LogP contribution in [0.3, 0.4) is 0 Å². The molecule has 6 nitrogen and oxygen atoms in total. The van der Waals surface area contributed by atoms with Crippen LogP contribution in [0, 0.1) is 0 Å². The number of hydrogen-bond donors (Lipinski definition) is 0. The molecule has 1 atom stereocenters. The molecule has 0 amide bonds. The van der Waals surface area contributed by atoms with Crippen molar-refractivity contribution in [2.45, 2.75) is 361 Å². The van der Waals surface area contributed by atoms with Crippen LogP contribution >= 0.6 is 0 Å². The number of carbonyl (C=O) groups excluding carboxylic acids is 3. The first kappa shape index (κ1) is 75.8. The van der Waals surface area contributed by atoms with Gasteiger partial charge in [0.05, 0.1) is 0 Å². The van der Waals surface area contributed by atoms with Gasteiger partial charge in [-0.3, -0.25) is 14.4 Å². The summed E-state index contributed by atoms with van der Waals surface area (Å²) in [4.78, 5) is 38.4. The first-order valence-electron chi connectivity index (χ1n) is 34.4. The molecule has 0 aliphatic rings. The van der Waals surface area contributed by atoms with Gasteiger partial charge in [0.2, 0.25) is 0 Å². The molecule has 458 valence electrons. The summed E-state index contributed by atoms with van der Waals surface area (Å²) in [5.41, 5.74) is 0. The summed E-state index contributed by atoms with van der Waals surface area (Å²) in [6.45, 7) is 6.57. The Hall–Kier alpha value is -3.15. The maximum Gasteiger partial charge on any atom is 0.306 e. The van der Waals surface area contributed by atoms with Gasteiger partial charge in [-0.1, -0.05) is 318 Å². The molecule has 0 aliphatic carbocycles. The maximum absolute atomic E-state index is 12.9. The lowest BCUT2D eigenvalue weighted by Gasteiger charge is -2.18. The second kappa shape index (κ2) is 67.4. The Kier molecular flexibility index (Phi) is 64.7. The van der Waals surface area contributed by atoms with Gasteiger partial charge in [0.25, 0.3) is 0 Å². The summed E-state index contributed by atoms with van der Waals surface area (Å²) in [5, 5.41) is 0. The van der Waals surface area contributed by atoms with Gasteiger partial charge in [0.15, 0.2) is 6.10 Å². The predicted molar refractivity (Wildman–Crippen MR) is 344 cm³/mol. The molecule has 0 aliphatic heterocycles. The van der Waals surface area contributed by atoms with E-state index in [-0.39, 0.29) is 31.1 Å². The number of allylic oxidation sites excluding steroid dienone is 12. The quantitative estimate of drug-likeness (QED) is 0.0261. The Morgan fingerprint density at radius 2 is 0.494 bits per heavy atom. The minimum atomic E-state index is -0.778. The zero-order valence-corrected chi connectivity index (χ0v) is 52.6. The van der Waals surface area contributed by atoms with E-state index in [2.05, 4.69) is 93.7 Å². The molecular weight excluding hydrogens is 973 g/mol. The average Bonchev–Trinajstić information content (AvgIpc) is 3.45. The molecule has 6 heteroatoms. The Morgan fingerprint density at radius 1 is 0.266 bits per heavy atom. The smallest absolute Gasteiger partial charge is 0.306 e. The van der Waals surface area contributed by atoms with E-state index in [9.17, 15) is 14.4 Å². The van der Waals surface area contributed by atoms with Crippen LogP contribution in [0.2, 0.25) is 0 Å². The third kappa shape index (κ3) is 65.5. The molecule has 0 N–H and O–H groups in total. The predicted octanol–water partition coefficient (Wildman–Crippen LogP) is 23.7. The fraction of sp³-hybridized carbons (Fsp3) is 0.795. The monoisotopic (exact) mass is 1100 g/mol. The molecule has 0 heterocycles. The third-order valence-electron chi connectivity index (χ3n) is 15.2. The summed E-state index contributed by atoms with van der Waals surface area (Å²) < 4.78 is 17.0. The molecule has 0 spiro atoms. The van der Waals surface area contributed by atoms with E-state index in [0.717, 1.165) is 96.3 Å². The average molecular weight is 1100 g/mol. The summed E-state index contributed by atoms with van der Waals surface area (Å²) in [5.74, 6) is -0.862. The van der Waals surface area contributed by atoms with Gasteiger partial charge in [0.1, 0.15) is 13.2 Å². The Labute approximate surface area is 491 Å². The molecule has 0 aromatic heterocycles. The molecule has 79 heavy (non-hydrogen) atoms. The van der Waals surface area contributed by atoms with Crippen molar-refractivity contribution in [1.82, 2.24) is 0 Å². The normalized spacial score (nSPS) is 12.5.